The van der Waals surface area contributed by atoms with Gasteiger partial charge >= 0.3 is 5.97 Å². The smallest absolute Gasteiger partial charge is 0.312 e. The van der Waals surface area contributed by atoms with Crippen LogP contribution in [-0.2, 0) is 4.79 Å². The van der Waals surface area contributed by atoms with Gasteiger partial charge in [0.05, 0.1) is 5.41 Å². The third-order valence-corrected chi connectivity index (χ3v) is 2.25. The first-order chi connectivity index (χ1) is 7.33. The summed E-state index contributed by atoms with van der Waals surface area (Å²) in [6, 6.07) is 4.48. The quantitative estimate of drug-likeness (QED) is 0.858. The van der Waals surface area contributed by atoms with Crippen LogP contribution in [0.4, 0.5) is 4.39 Å². The van der Waals surface area contributed by atoms with E-state index < -0.39 is 17.2 Å². The highest BCUT2D eigenvalue weighted by atomic mass is 19.1. The molecule has 0 atom stereocenters. The van der Waals surface area contributed by atoms with Crippen LogP contribution in [0.1, 0.15) is 19.4 Å². The van der Waals surface area contributed by atoms with Crippen LogP contribution in [0, 0.1) is 18.2 Å². The lowest BCUT2D eigenvalue weighted by molar-refractivity contribution is -0.148. The van der Waals surface area contributed by atoms with E-state index in [0.29, 0.717) is 0 Å². The summed E-state index contributed by atoms with van der Waals surface area (Å²) in [7, 11) is 0. The van der Waals surface area contributed by atoms with Crippen molar-refractivity contribution in [1.29, 1.82) is 0 Å². The van der Waals surface area contributed by atoms with Gasteiger partial charge in [0.25, 0.3) is 0 Å². The first-order valence-corrected chi connectivity index (χ1v) is 4.95. The molecule has 16 heavy (non-hydrogen) atoms. The molecule has 0 aromatic heterocycles. The van der Waals surface area contributed by atoms with Crippen molar-refractivity contribution in [3.63, 3.8) is 0 Å². The van der Waals surface area contributed by atoms with Gasteiger partial charge in [0.1, 0.15) is 6.61 Å². The SMILES string of the molecule is Cc1ccc(F)c(OCC(C)(C)C(=O)O)c1. The average Bonchev–Trinajstić information content (AvgIpc) is 2.19. The highest BCUT2D eigenvalue weighted by Crippen LogP contribution is 2.22. The van der Waals surface area contributed by atoms with Gasteiger partial charge in [0.2, 0.25) is 0 Å². The molecule has 0 aliphatic rings. The largest absolute Gasteiger partial charge is 0.489 e. The van der Waals surface area contributed by atoms with Crippen LogP contribution in [0.25, 0.3) is 0 Å². The molecule has 0 fully saturated rings. The Bertz CT molecular complexity index is 399. The summed E-state index contributed by atoms with van der Waals surface area (Å²) >= 11 is 0. The van der Waals surface area contributed by atoms with Gasteiger partial charge in [-0.1, -0.05) is 6.07 Å². The van der Waals surface area contributed by atoms with Gasteiger partial charge in [-0.25, -0.2) is 4.39 Å². The minimum absolute atomic E-state index is 0.0668. The number of aryl methyl sites for hydroxylation is 1. The number of ether oxygens (including phenoxy) is 1. The highest BCUT2D eigenvalue weighted by molar-refractivity contribution is 5.73. The molecule has 1 N–H and O–H groups in total. The lowest BCUT2D eigenvalue weighted by Crippen LogP contribution is -2.30. The first kappa shape index (κ1) is 12.5. The third-order valence-electron chi connectivity index (χ3n) is 2.25. The van der Waals surface area contributed by atoms with Gasteiger partial charge < -0.3 is 9.84 Å². The topological polar surface area (TPSA) is 46.5 Å². The minimum atomic E-state index is -1.03. The predicted molar refractivity (Wildman–Crippen MR) is 58.0 cm³/mol. The fraction of sp³-hybridized carbons (Fsp3) is 0.417. The number of carbonyl (C=O) groups is 1. The maximum atomic E-state index is 13.3. The van der Waals surface area contributed by atoms with E-state index in [1.54, 1.807) is 12.1 Å². The molecule has 88 valence electrons. The molecular weight excluding hydrogens is 211 g/mol. The summed E-state index contributed by atoms with van der Waals surface area (Å²) in [4.78, 5) is 10.8. The molecule has 0 heterocycles. The average molecular weight is 226 g/mol. The van der Waals surface area contributed by atoms with Crippen LogP contribution < -0.4 is 4.74 Å². The molecule has 1 aromatic carbocycles. The van der Waals surface area contributed by atoms with Gasteiger partial charge in [0, 0.05) is 0 Å². The Hall–Kier alpha value is -1.58. The molecule has 0 spiro atoms. The van der Waals surface area contributed by atoms with Crippen molar-refractivity contribution in [3.8, 4) is 5.75 Å². The Morgan fingerprint density at radius 1 is 1.50 bits per heavy atom. The van der Waals surface area contributed by atoms with E-state index in [9.17, 15) is 9.18 Å². The molecular formula is C12H15FO3. The van der Waals surface area contributed by atoms with Crippen molar-refractivity contribution in [3.05, 3.63) is 29.6 Å². The van der Waals surface area contributed by atoms with Gasteiger partial charge in [-0.2, -0.15) is 0 Å². The van der Waals surface area contributed by atoms with E-state index in [1.165, 1.54) is 19.9 Å². The number of rotatable bonds is 4. The molecule has 0 radical (unpaired) electrons. The zero-order valence-electron chi connectivity index (χ0n) is 9.58. The normalized spacial score (nSPS) is 11.2. The maximum absolute atomic E-state index is 13.3. The van der Waals surface area contributed by atoms with Crippen molar-refractivity contribution in [2.45, 2.75) is 20.8 Å². The number of benzene rings is 1. The molecule has 0 saturated carbocycles. The van der Waals surface area contributed by atoms with E-state index in [2.05, 4.69) is 0 Å². The van der Waals surface area contributed by atoms with E-state index in [4.69, 9.17) is 9.84 Å². The molecule has 1 aromatic rings. The van der Waals surface area contributed by atoms with Gasteiger partial charge in [0.15, 0.2) is 11.6 Å². The Balaban J connectivity index is 2.75. The molecule has 0 unspecified atom stereocenters. The summed E-state index contributed by atoms with van der Waals surface area (Å²) in [5, 5.41) is 8.87. The maximum Gasteiger partial charge on any atom is 0.312 e. The summed E-state index contributed by atoms with van der Waals surface area (Å²) in [5.41, 5.74) is -0.166. The number of hydrogen-bond donors (Lipinski definition) is 1. The first-order valence-electron chi connectivity index (χ1n) is 4.95. The van der Waals surface area contributed by atoms with Crippen LogP contribution in [0.2, 0.25) is 0 Å². The number of aliphatic carboxylic acids is 1. The third kappa shape index (κ3) is 2.95. The van der Waals surface area contributed by atoms with Crippen molar-refractivity contribution >= 4 is 5.97 Å². The number of halogens is 1. The molecule has 0 bridgehead atoms. The molecule has 0 saturated heterocycles. The van der Waals surface area contributed by atoms with E-state index in [0.717, 1.165) is 5.56 Å². The van der Waals surface area contributed by atoms with Gasteiger partial charge in [-0.05, 0) is 38.5 Å². The molecule has 3 nitrogen and oxygen atoms in total. The molecule has 1 rings (SSSR count). The van der Waals surface area contributed by atoms with E-state index in [1.807, 2.05) is 6.92 Å². The van der Waals surface area contributed by atoms with Gasteiger partial charge in [-0.15, -0.1) is 0 Å². The van der Waals surface area contributed by atoms with Crippen LogP contribution in [0.5, 0.6) is 5.75 Å². The van der Waals surface area contributed by atoms with Crippen LogP contribution in [0.3, 0.4) is 0 Å². The Morgan fingerprint density at radius 2 is 2.12 bits per heavy atom. The van der Waals surface area contributed by atoms with Crippen LogP contribution in [0.15, 0.2) is 18.2 Å². The van der Waals surface area contributed by atoms with Crippen LogP contribution >= 0.6 is 0 Å². The van der Waals surface area contributed by atoms with Crippen LogP contribution in [-0.4, -0.2) is 17.7 Å². The Kier molecular flexibility index (Phi) is 3.52. The molecule has 0 aliphatic heterocycles. The zero-order valence-corrected chi connectivity index (χ0v) is 9.58. The predicted octanol–water partition coefficient (Wildman–Crippen LogP) is 2.62. The van der Waals surface area contributed by atoms with Crippen molar-refractivity contribution in [2.24, 2.45) is 5.41 Å². The van der Waals surface area contributed by atoms with E-state index >= 15 is 0 Å². The second kappa shape index (κ2) is 4.51. The fourth-order valence-corrected chi connectivity index (χ4v) is 1.04. The second-order valence-electron chi connectivity index (χ2n) is 4.41. The number of carboxylic acid groups (broad SMARTS) is 1. The molecule has 4 heteroatoms. The minimum Gasteiger partial charge on any atom is -0.489 e. The summed E-state index contributed by atoms with van der Waals surface area (Å²) < 4.78 is 18.5. The monoisotopic (exact) mass is 226 g/mol. The fourth-order valence-electron chi connectivity index (χ4n) is 1.04. The number of hydrogen-bond acceptors (Lipinski definition) is 2. The van der Waals surface area contributed by atoms with Crippen molar-refractivity contribution in [2.75, 3.05) is 6.61 Å². The Morgan fingerprint density at radius 3 is 2.69 bits per heavy atom. The molecule has 0 amide bonds. The summed E-state index contributed by atoms with van der Waals surface area (Å²) in [5.74, 6) is -1.36. The second-order valence-corrected chi connectivity index (χ2v) is 4.41. The summed E-state index contributed by atoms with van der Waals surface area (Å²) in [6.07, 6.45) is 0. The lowest BCUT2D eigenvalue weighted by atomic mass is 9.95. The summed E-state index contributed by atoms with van der Waals surface area (Å²) in [6.45, 7) is 4.81. The molecule has 0 aliphatic carbocycles. The zero-order chi connectivity index (χ0) is 12.3. The standard InChI is InChI=1S/C12H15FO3/c1-8-4-5-9(13)10(6-8)16-7-12(2,3)11(14)15/h4-6H,7H2,1-3H3,(H,14,15). The highest BCUT2D eigenvalue weighted by Gasteiger charge is 2.28. The lowest BCUT2D eigenvalue weighted by Gasteiger charge is -2.19. The Labute approximate surface area is 93.9 Å². The van der Waals surface area contributed by atoms with E-state index in [-0.39, 0.29) is 12.4 Å². The number of carboxylic acids is 1. The van der Waals surface area contributed by atoms with Gasteiger partial charge in [-0.3, -0.25) is 4.79 Å². The van der Waals surface area contributed by atoms with Crippen molar-refractivity contribution < 1.29 is 19.0 Å². The van der Waals surface area contributed by atoms with Crippen molar-refractivity contribution in [1.82, 2.24) is 0 Å².